The van der Waals surface area contributed by atoms with Crippen LogP contribution in [0.15, 0.2) is 42.6 Å². The first-order valence-electron chi connectivity index (χ1n) is 11.9. The van der Waals surface area contributed by atoms with E-state index in [9.17, 15) is 9.59 Å². The number of nitrogens with one attached hydrogen (secondary N) is 2. The lowest BCUT2D eigenvalue weighted by molar-refractivity contribution is -0.121. The molecule has 33 heavy (non-hydrogen) atoms. The van der Waals surface area contributed by atoms with Gasteiger partial charge < -0.3 is 15.5 Å². The Labute approximate surface area is 200 Å². The topological polar surface area (TPSA) is 77.6 Å². The fraction of sp³-hybridized carbons (Fsp3) is 0.480. The third kappa shape index (κ3) is 6.92. The number of amides is 2. The number of pyridine rings is 1. The van der Waals surface area contributed by atoms with Crippen molar-refractivity contribution in [3.8, 4) is 0 Å². The Morgan fingerprint density at radius 2 is 1.61 bits per heavy atom. The Morgan fingerprint density at radius 3 is 2.24 bits per heavy atom. The van der Waals surface area contributed by atoms with E-state index in [-0.39, 0.29) is 17.7 Å². The molecule has 7 nitrogen and oxygen atoms in total. The van der Waals surface area contributed by atoms with Crippen molar-refractivity contribution in [3.05, 3.63) is 47.6 Å². The van der Waals surface area contributed by atoms with Gasteiger partial charge in [0.05, 0.1) is 11.6 Å². The second kappa shape index (κ2) is 11.5. The first kappa shape index (κ1) is 23.5. The van der Waals surface area contributed by atoms with Crippen LogP contribution in [0.25, 0.3) is 0 Å². The van der Waals surface area contributed by atoms with E-state index >= 15 is 0 Å². The molecule has 3 heterocycles. The largest absolute Gasteiger partial charge is 0.372 e. The number of nitrogens with zero attached hydrogens (tertiary/aromatic N) is 3. The predicted octanol–water partition coefficient (Wildman–Crippen LogP) is 4.40. The number of hydrogen-bond donors (Lipinski definition) is 2. The fourth-order valence-electron chi connectivity index (χ4n) is 4.52. The normalized spacial score (nSPS) is 17.9. The molecular weight excluding hydrogens is 438 g/mol. The van der Waals surface area contributed by atoms with Crippen molar-refractivity contribution in [3.63, 3.8) is 0 Å². The van der Waals surface area contributed by atoms with E-state index in [1.807, 2.05) is 12.1 Å². The third-order valence-corrected chi connectivity index (χ3v) is 6.65. The summed E-state index contributed by atoms with van der Waals surface area (Å²) >= 11 is 5.83. The minimum atomic E-state index is -0.0756. The van der Waals surface area contributed by atoms with Crippen molar-refractivity contribution in [1.29, 1.82) is 0 Å². The van der Waals surface area contributed by atoms with Crippen LogP contribution in [-0.4, -0.2) is 54.4 Å². The highest BCUT2D eigenvalue weighted by Gasteiger charge is 2.26. The Hall–Kier alpha value is -2.64. The summed E-state index contributed by atoms with van der Waals surface area (Å²) < 4.78 is 0. The van der Waals surface area contributed by atoms with Gasteiger partial charge in [-0.1, -0.05) is 24.4 Å². The number of hydrogen-bond acceptors (Lipinski definition) is 5. The highest BCUT2D eigenvalue weighted by Crippen LogP contribution is 2.22. The van der Waals surface area contributed by atoms with Gasteiger partial charge in [0.25, 0.3) is 0 Å². The van der Waals surface area contributed by atoms with Gasteiger partial charge in [-0.2, -0.15) is 0 Å². The zero-order valence-corrected chi connectivity index (χ0v) is 19.7. The molecular formula is C25H32ClN5O2. The van der Waals surface area contributed by atoms with Gasteiger partial charge in [0.2, 0.25) is 11.8 Å². The molecule has 0 saturated carbocycles. The second-order valence-corrected chi connectivity index (χ2v) is 9.33. The second-order valence-electron chi connectivity index (χ2n) is 8.90. The van der Waals surface area contributed by atoms with Crippen LogP contribution >= 0.6 is 11.6 Å². The first-order valence-corrected chi connectivity index (χ1v) is 12.2. The van der Waals surface area contributed by atoms with Crippen molar-refractivity contribution >= 4 is 40.6 Å². The van der Waals surface area contributed by atoms with Gasteiger partial charge in [0.1, 0.15) is 5.82 Å². The molecule has 2 aliphatic heterocycles. The molecule has 2 fully saturated rings. The molecule has 0 radical (unpaired) electrons. The summed E-state index contributed by atoms with van der Waals surface area (Å²) in [6, 6.07) is 11.6. The van der Waals surface area contributed by atoms with Crippen LogP contribution in [0.5, 0.6) is 0 Å². The Bertz CT molecular complexity index is 919. The fourth-order valence-corrected chi connectivity index (χ4v) is 4.63. The predicted molar refractivity (Wildman–Crippen MR) is 133 cm³/mol. The van der Waals surface area contributed by atoms with Crippen LogP contribution < -0.4 is 15.5 Å². The average molecular weight is 470 g/mol. The molecule has 2 amide bonds. The molecule has 4 rings (SSSR count). The zero-order valence-electron chi connectivity index (χ0n) is 18.9. The molecule has 2 aromatic rings. The molecule has 176 valence electrons. The summed E-state index contributed by atoms with van der Waals surface area (Å²) in [6.45, 7) is 3.98. The number of anilines is 3. The summed E-state index contributed by atoms with van der Waals surface area (Å²) in [4.78, 5) is 33.7. The van der Waals surface area contributed by atoms with Crippen molar-refractivity contribution in [2.24, 2.45) is 5.92 Å². The summed E-state index contributed by atoms with van der Waals surface area (Å²) in [6.07, 6.45) is 8.07. The lowest BCUT2D eigenvalue weighted by Gasteiger charge is -2.30. The maximum Gasteiger partial charge on any atom is 0.238 e. The van der Waals surface area contributed by atoms with Gasteiger partial charge in [-0.15, -0.1) is 0 Å². The van der Waals surface area contributed by atoms with Crippen LogP contribution in [0.4, 0.5) is 17.2 Å². The SMILES string of the molecule is O=C(CN1CCC(C(=O)Nc2ccc(Cl)cn2)CC1)Nc1ccc(N2CCCCCC2)cc1. The van der Waals surface area contributed by atoms with Gasteiger partial charge in [0, 0.05) is 36.6 Å². The van der Waals surface area contributed by atoms with Crippen LogP contribution in [0.1, 0.15) is 38.5 Å². The lowest BCUT2D eigenvalue weighted by atomic mass is 9.96. The molecule has 8 heteroatoms. The van der Waals surface area contributed by atoms with Crippen LogP contribution in [0.3, 0.4) is 0 Å². The monoisotopic (exact) mass is 469 g/mol. The Balaban J connectivity index is 1.19. The Kier molecular flexibility index (Phi) is 8.18. The number of carbonyl (C=O) groups excluding carboxylic acids is 2. The minimum absolute atomic E-state index is 0.0224. The van der Waals surface area contributed by atoms with E-state index in [1.165, 1.54) is 37.6 Å². The van der Waals surface area contributed by atoms with E-state index in [2.05, 4.69) is 37.6 Å². The molecule has 0 bridgehead atoms. The molecule has 2 N–H and O–H groups in total. The number of aromatic nitrogens is 1. The van der Waals surface area contributed by atoms with Gasteiger partial charge in [-0.25, -0.2) is 4.98 Å². The smallest absolute Gasteiger partial charge is 0.238 e. The molecule has 0 spiro atoms. The summed E-state index contributed by atoms with van der Waals surface area (Å²) in [5.41, 5.74) is 2.05. The van der Waals surface area contributed by atoms with Crippen molar-refractivity contribution in [2.75, 3.05) is 48.3 Å². The van der Waals surface area contributed by atoms with Crippen LogP contribution in [0, 0.1) is 5.92 Å². The van der Waals surface area contributed by atoms with Gasteiger partial charge >= 0.3 is 0 Å². The van der Waals surface area contributed by atoms with Crippen molar-refractivity contribution < 1.29 is 9.59 Å². The van der Waals surface area contributed by atoms with Gasteiger partial charge in [-0.05, 0) is 75.2 Å². The number of piperidine rings is 1. The molecule has 0 unspecified atom stereocenters. The van der Waals surface area contributed by atoms with Crippen LogP contribution in [-0.2, 0) is 9.59 Å². The number of rotatable bonds is 6. The first-order chi connectivity index (χ1) is 16.1. The quantitative estimate of drug-likeness (QED) is 0.655. The number of benzene rings is 1. The lowest BCUT2D eigenvalue weighted by Crippen LogP contribution is -2.41. The van der Waals surface area contributed by atoms with E-state index in [0.717, 1.165) is 31.6 Å². The van der Waals surface area contributed by atoms with Crippen molar-refractivity contribution in [2.45, 2.75) is 38.5 Å². The number of halogens is 1. The maximum atomic E-state index is 12.5. The van der Waals surface area contributed by atoms with Gasteiger partial charge in [0.15, 0.2) is 0 Å². The summed E-state index contributed by atoms with van der Waals surface area (Å²) in [5, 5.41) is 6.39. The average Bonchev–Trinajstić information content (AvgIpc) is 3.11. The highest BCUT2D eigenvalue weighted by molar-refractivity contribution is 6.30. The van der Waals surface area contributed by atoms with Crippen LogP contribution in [0.2, 0.25) is 5.02 Å². The standard InChI is InChI=1S/C25H32ClN5O2/c26-20-5-10-23(27-17-20)29-25(33)19-11-15-30(16-12-19)18-24(32)28-21-6-8-22(9-7-21)31-13-3-1-2-4-14-31/h5-10,17,19H,1-4,11-16,18H2,(H,28,32)(H,27,29,33). The molecule has 1 aromatic carbocycles. The van der Waals surface area contributed by atoms with Gasteiger partial charge in [-0.3, -0.25) is 14.5 Å². The molecule has 1 aromatic heterocycles. The van der Waals surface area contributed by atoms with E-state index < -0.39 is 0 Å². The third-order valence-electron chi connectivity index (χ3n) is 6.43. The Morgan fingerprint density at radius 1 is 0.909 bits per heavy atom. The number of likely N-dealkylation sites (tertiary alicyclic amines) is 1. The zero-order chi connectivity index (χ0) is 23.0. The number of carbonyl (C=O) groups is 2. The van der Waals surface area contributed by atoms with E-state index in [4.69, 9.17) is 11.6 Å². The van der Waals surface area contributed by atoms with Crippen molar-refractivity contribution in [1.82, 2.24) is 9.88 Å². The highest BCUT2D eigenvalue weighted by atomic mass is 35.5. The molecule has 2 saturated heterocycles. The maximum absolute atomic E-state index is 12.5. The molecule has 0 aliphatic carbocycles. The molecule has 0 atom stereocenters. The minimum Gasteiger partial charge on any atom is -0.372 e. The molecule has 2 aliphatic rings. The summed E-state index contributed by atoms with van der Waals surface area (Å²) in [5.74, 6) is 0.380. The van der Waals surface area contributed by atoms with E-state index in [1.54, 1.807) is 12.1 Å². The summed E-state index contributed by atoms with van der Waals surface area (Å²) in [7, 11) is 0. The van der Waals surface area contributed by atoms with E-state index in [0.29, 0.717) is 30.5 Å².